The second-order valence-electron chi connectivity index (χ2n) is 5.27. The Morgan fingerprint density at radius 2 is 1.42 bits per heavy atom. The van der Waals surface area contributed by atoms with E-state index in [0.717, 1.165) is 11.2 Å². The predicted octanol–water partition coefficient (Wildman–Crippen LogP) is 5.74. The van der Waals surface area contributed by atoms with Gasteiger partial charge in [-0.25, -0.2) is 0 Å². The van der Waals surface area contributed by atoms with Crippen molar-refractivity contribution in [3.8, 4) is 0 Å². The maximum atomic E-state index is 6.38. The molecule has 0 atom stereocenters. The van der Waals surface area contributed by atoms with E-state index in [1.807, 2.05) is 0 Å². The molecule has 0 heterocycles. The van der Waals surface area contributed by atoms with Crippen molar-refractivity contribution in [2.24, 2.45) is 0 Å². The van der Waals surface area contributed by atoms with E-state index >= 15 is 0 Å². The largest absolute Gasteiger partial charge is 0.280 e. The molecule has 0 aliphatic rings. The minimum Gasteiger partial charge on any atom is -0.140 e. The second kappa shape index (κ2) is 9.04. The van der Waals surface area contributed by atoms with Crippen molar-refractivity contribution in [2.45, 2.75) is 64.8 Å². The van der Waals surface area contributed by atoms with E-state index in [1.165, 1.54) is 50.5 Å². The van der Waals surface area contributed by atoms with Gasteiger partial charge >= 0.3 is 0 Å². The summed E-state index contributed by atoms with van der Waals surface area (Å²) in [5.74, 6) is 0. The summed E-state index contributed by atoms with van der Waals surface area (Å²) in [6, 6.07) is 9.52. The molecule has 0 radical (unpaired) electrons. The molecular formula is C16H26Cl2Si. The molecule has 0 spiro atoms. The summed E-state index contributed by atoms with van der Waals surface area (Å²) in [4.78, 5) is 0. The van der Waals surface area contributed by atoms with Crippen LogP contribution in [0, 0.1) is 0 Å². The molecule has 0 aliphatic carbocycles. The van der Waals surface area contributed by atoms with Gasteiger partial charge < -0.3 is 0 Å². The molecule has 0 bridgehead atoms. The predicted molar refractivity (Wildman–Crippen MR) is 91.1 cm³/mol. The minimum absolute atomic E-state index is 0.868. The van der Waals surface area contributed by atoms with Crippen LogP contribution >= 0.6 is 22.2 Å². The van der Waals surface area contributed by atoms with E-state index in [2.05, 4.69) is 38.1 Å². The molecule has 108 valence electrons. The van der Waals surface area contributed by atoms with Crippen LogP contribution in [0.3, 0.4) is 0 Å². The van der Waals surface area contributed by atoms with Crippen LogP contribution in [-0.2, 0) is 6.42 Å². The first kappa shape index (κ1) is 17.1. The summed E-state index contributed by atoms with van der Waals surface area (Å²) in [6.45, 7) is 2.14. The minimum atomic E-state index is -2.18. The van der Waals surface area contributed by atoms with Crippen LogP contribution in [0.5, 0.6) is 0 Å². The van der Waals surface area contributed by atoms with E-state index in [4.69, 9.17) is 22.2 Å². The summed E-state index contributed by atoms with van der Waals surface area (Å²) < 4.78 is 0. The van der Waals surface area contributed by atoms with E-state index in [-0.39, 0.29) is 0 Å². The summed E-state index contributed by atoms with van der Waals surface area (Å²) in [5, 5.41) is 1.14. The number of hydrogen-bond donors (Lipinski definition) is 0. The van der Waals surface area contributed by atoms with Gasteiger partial charge in [0, 0.05) is 0 Å². The van der Waals surface area contributed by atoms with Gasteiger partial charge in [-0.1, -0.05) is 70.2 Å². The molecule has 3 heteroatoms. The maximum absolute atomic E-state index is 6.38. The summed E-state index contributed by atoms with van der Waals surface area (Å²) in [7, 11) is 0. The van der Waals surface area contributed by atoms with Gasteiger partial charge in [-0.05, 0) is 29.6 Å². The van der Waals surface area contributed by atoms with Gasteiger partial charge in [0.1, 0.15) is 0 Å². The normalized spacial score (nSPS) is 11.8. The van der Waals surface area contributed by atoms with Gasteiger partial charge in [0.25, 0.3) is 6.69 Å². The molecule has 0 aliphatic heterocycles. The highest BCUT2D eigenvalue weighted by molar-refractivity contribution is 7.50. The van der Waals surface area contributed by atoms with E-state index in [9.17, 15) is 0 Å². The molecule has 0 nitrogen and oxygen atoms in total. The SMILES string of the molecule is CCCCCCCCc1ccc([Si](Cl)(Cl)CC)cc1. The molecule has 1 aromatic rings. The highest BCUT2D eigenvalue weighted by Crippen LogP contribution is 2.20. The van der Waals surface area contributed by atoms with Crippen LogP contribution in [-0.4, -0.2) is 6.69 Å². The zero-order valence-electron chi connectivity index (χ0n) is 12.2. The lowest BCUT2D eigenvalue weighted by atomic mass is 10.1. The summed E-state index contributed by atoms with van der Waals surface area (Å²) in [6.07, 6.45) is 9.28. The Hall–Kier alpha value is 0.0169. The van der Waals surface area contributed by atoms with Crippen molar-refractivity contribution < 1.29 is 0 Å². The van der Waals surface area contributed by atoms with Crippen LogP contribution < -0.4 is 5.19 Å². The average molecular weight is 317 g/mol. The molecule has 1 aromatic carbocycles. The fourth-order valence-electron chi connectivity index (χ4n) is 2.23. The first-order valence-corrected chi connectivity index (χ1v) is 11.8. The Kier molecular flexibility index (Phi) is 8.13. The Morgan fingerprint density at radius 1 is 0.842 bits per heavy atom. The number of aryl methyl sites for hydroxylation is 1. The quantitative estimate of drug-likeness (QED) is 0.310. The Labute approximate surface area is 128 Å². The molecule has 0 fully saturated rings. The van der Waals surface area contributed by atoms with Gasteiger partial charge in [-0.2, -0.15) is 0 Å². The zero-order chi connectivity index (χ0) is 14.1. The molecule has 0 N–H and O–H groups in total. The van der Waals surface area contributed by atoms with Crippen LogP contribution in [0.15, 0.2) is 24.3 Å². The number of benzene rings is 1. The summed E-state index contributed by atoms with van der Waals surface area (Å²) >= 11 is 12.8. The molecule has 19 heavy (non-hydrogen) atoms. The highest BCUT2D eigenvalue weighted by atomic mass is 35.7. The monoisotopic (exact) mass is 316 g/mol. The third-order valence-corrected chi connectivity index (χ3v) is 8.62. The smallest absolute Gasteiger partial charge is 0.140 e. The third-order valence-electron chi connectivity index (χ3n) is 3.64. The van der Waals surface area contributed by atoms with Gasteiger partial charge in [0.2, 0.25) is 0 Å². The van der Waals surface area contributed by atoms with E-state index in [0.29, 0.717) is 0 Å². The number of unbranched alkanes of at least 4 members (excludes halogenated alkanes) is 5. The Morgan fingerprint density at radius 3 is 2.00 bits per heavy atom. The fourth-order valence-corrected chi connectivity index (χ4v) is 4.05. The highest BCUT2D eigenvalue weighted by Gasteiger charge is 2.28. The van der Waals surface area contributed by atoms with Crippen molar-refractivity contribution >= 4 is 34.0 Å². The van der Waals surface area contributed by atoms with E-state index in [1.54, 1.807) is 0 Å². The number of hydrogen-bond acceptors (Lipinski definition) is 0. The fraction of sp³-hybridized carbons (Fsp3) is 0.625. The van der Waals surface area contributed by atoms with Crippen LogP contribution in [0.25, 0.3) is 0 Å². The number of halogens is 2. The molecule has 0 saturated carbocycles. The lowest BCUT2D eigenvalue weighted by Crippen LogP contribution is -2.35. The Bertz CT molecular complexity index is 346. The van der Waals surface area contributed by atoms with Crippen LogP contribution in [0.2, 0.25) is 6.04 Å². The Balaban J connectivity index is 2.32. The molecule has 0 aromatic heterocycles. The van der Waals surface area contributed by atoms with Crippen molar-refractivity contribution in [3.63, 3.8) is 0 Å². The first-order chi connectivity index (χ1) is 9.10. The molecule has 0 amide bonds. The van der Waals surface area contributed by atoms with Crippen molar-refractivity contribution in [1.29, 1.82) is 0 Å². The van der Waals surface area contributed by atoms with Crippen LogP contribution in [0.4, 0.5) is 0 Å². The standard InChI is InChI=1S/C16H26Cl2Si/c1-3-5-6-7-8-9-10-15-11-13-16(14-12-15)19(17,18)4-2/h11-14H,3-10H2,1-2H3. The van der Waals surface area contributed by atoms with Gasteiger partial charge in [0.05, 0.1) is 0 Å². The molecule has 0 saturated heterocycles. The van der Waals surface area contributed by atoms with Crippen molar-refractivity contribution in [2.75, 3.05) is 0 Å². The van der Waals surface area contributed by atoms with Gasteiger partial charge in [-0.3, -0.25) is 0 Å². The van der Waals surface area contributed by atoms with Gasteiger partial charge in [0.15, 0.2) is 0 Å². The average Bonchev–Trinajstić information content (AvgIpc) is 2.43. The molecular weight excluding hydrogens is 291 g/mol. The van der Waals surface area contributed by atoms with Crippen molar-refractivity contribution in [1.82, 2.24) is 0 Å². The zero-order valence-corrected chi connectivity index (χ0v) is 14.7. The molecule has 1 rings (SSSR count). The second-order valence-corrected chi connectivity index (χ2v) is 12.4. The first-order valence-electron chi connectivity index (χ1n) is 7.57. The lowest BCUT2D eigenvalue weighted by Gasteiger charge is -2.14. The topological polar surface area (TPSA) is 0 Å². The molecule has 0 unspecified atom stereocenters. The number of rotatable bonds is 9. The van der Waals surface area contributed by atoms with E-state index < -0.39 is 6.69 Å². The van der Waals surface area contributed by atoms with Crippen LogP contribution in [0.1, 0.15) is 57.9 Å². The summed E-state index contributed by atoms with van der Waals surface area (Å²) in [5.41, 5.74) is 1.41. The third kappa shape index (κ3) is 6.33. The van der Waals surface area contributed by atoms with Crippen molar-refractivity contribution in [3.05, 3.63) is 29.8 Å². The van der Waals surface area contributed by atoms with Gasteiger partial charge in [-0.15, -0.1) is 22.2 Å². The lowest BCUT2D eigenvalue weighted by molar-refractivity contribution is 0.607. The maximum Gasteiger partial charge on any atom is 0.280 e.